The molecule has 0 saturated carbocycles. The third kappa shape index (κ3) is 12.5. The number of aromatic nitrogens is 4. The van der Waals surface area contributed by atoms with Crippen molar-refractivity contribution in [2.24, 2.45) is 0 Å². The maximum absolute atomic E-state index is 6.15. The van der Waals surface area contributed by atoms with Crippen LogP contribution in [0, 0.1) is 13.8 Å². The Morgan fingerprint density at radius 3 is 1.57 bits per heavy atom. The average molecular weight is 1100 g/mol. The molecule has 0 aliphatic heterocycles. The fraction of sp³-hybridized carbons (Fsp3) is 0.147. The lowest BCUT2D eigenvalue weighted by Crippen LogP contribution is -2.02. The number of methoxy groups -OCH3 is 2. The first-order chi connectivity index (χ1) is 39.8. The second kappa shape index (κ2) is 25.9. The molecule has 0 bridgehead atoms. The van der Waals surface area contributed by atoms with Gasteiger partial charge in [-0.3, -0.25) is 0 Å². The van der Waals surface area contributed by atoms with Gasteiger partial charge in [0.25, 0.3) is 0 Å². The Balaban J connectivity index is 0.000000151. The van der Waals surface area contributed by atoms with Crippen LogP contribution in [-0.4, -0.2) is 47.0 Å². The zero-order valence-electron chi connectivity index (χ0n) is 45.6. The van der Waals surface area contributed by atoms with Crippen molar-refractivity contribution in [3.8, 4) is 57.4 Å². The highest BCUT2D eigenvalue weighted by atomic mass is 35.5. The number of oxazole rings is 2. The van der Waals surface area contributed by atoms with Gasteiger partial charge in [0.05, 0.1) is 25.3 Å². The lowest BCUT2D eigenvalue weighted by atomic mass is 10.1. The minimum Gasteiger partial charge on any atom is -0.493 e. The van der Waals surface area contributed by atoms with E-state index >= 15 is 0 Å². The number of ether oxygens (including phenoxy) is 6. The van der Waals surface area contributed by atoms with E-state index in [9.17, 15) is 0 Å². The number of nitrogens with one attached hydrogen (secondary N) is 1. The highest BCUT2D eigenvalue weighted by molar-refractivity contribution is 6.17. The van der Waals surface area contributed by atoms with E-state index in [0.717, 1.165) is 94.9 Å². The molecule has 13 heteroatoms. The third-order valence-electron chi connectivity index (χ3n) is 13.5. The number of hydrogen-bond donors (Lipinski definition) is 1. The Labute approximate surface area is 475 Å². The first kappa shape index (κ1) is 54.7. The summed E-state index contributed by atoms with van der Waals surface area (Å²) in [7, 11) is 3.26. The second-order valence-electron chi connectivity index (χ2n) is 18.8. The van der Waals surface area contributed by atoms with Crippen LogP contribution in [0.4, 0.5) is 0 Å². The van der Waals surface area contributed by atoms with Crippen LogP contribution in [0.3, 0.4) is 0 Å². The topological polar surface area (TPSA) is 128 Å². The average Bonchev–Trinajstić information content (AvgIpc) is 4.42. The lowest BCUT2D eigenvalue weighted by Gasteiger charge is -2.13. The largest absolute Gasteiger partial charge is 0.493 e. The predicted molar refractivity (Wildman–Crippen MR) is 323 cm³/mol. The molecule has 81 heavy (non-hydrogen) atoms. The molecular weight excluding hydrogens is 1040 g/mol. The summed E-state index contributed by atoms with van der Waals surface area (Å²) in [6, 6.07) is 60.2. The quantitative estimate of drug-likeness (QED) is 0.0617. The number of halogens is 1. The molecule has 12 rings (SSSR count). The number of H-pyrrole nitrogens is 1. The molecule has 4 aromatic heterocycles. The Morgan fingerprint density at radius 2 is 0.988 bits per heavy atom. The van der Waals surface area contributed by atoms with Crippen molar-refractivity contribution < 1.29 is 37.3 Å². The third-order valence-corrected chi connectivity index (χ3v) is 13.8. The summed E-state index contributed by atoms with van der Waals surface area (Å²) in [6.45, 7) is 13.5. The number of para-hydroxylation sites is 2. The summed E-state index contributed by atoms with van der Waals surface area (Å²) in [4.78, 5) is 12.6. The minimum atomic E-state index is 0.276. The Kier molecular flexibility index (Phi) is 17.5. The molecular formula is C68H61ClN4O8. The molecule has 408 valence electrons. The predicted octanol–water partition coefficient (Wildman–Crippen LogP) is 16.8. The number of aryl methyl sites for hydroxylation is 2. The highest BCUT2D eigenvalue weighted by Crippen LogP contribution is 2.38. The van der Waals surface area contributed by atoms with Crippen molar-refractivity contribution in [3.05, 3.63) is 241 Å². The summed E-state index contributed by atoms with van der Waals surface area (Å²) in [5.74, 6) is 7.45. The van der Waals surface area contributed by atoms with Crippen LogP contribution in [-0.2, 0) is 25.6 Å². The van der Waals surface area contributed by atoms with Gasteiger partial charge in [0.15, 0.2) is 23.0 Å². The summed E-state index contributed by atoms with van der Waals surface area (Å²) in [5, 5.41) is 4.60. The maximum Gasteiger partial charge on any atom is 0.226 e. The van der Waals surface area contributed by atoms with Gasteiger partial charge < -0.3 is 46.8 Å². The highest BCUT2D eigenvalue weighted by Gasteiger charge is 2.18. The molecule has 0 spiro atoms. The van der Waals surface area contributed by atoms with Gasteiger partial charge in [-0.2, -0.15) is 0 Å². The molecule has 1 N–H and O–H groups in total. The van der Waals surface area contributed by atoms with Gasteiger partial charge in [0.2, 0.25) is 11.8 Å². The molecule has 0 aliphatic rings. The number of fused-ring (bicyclic) bond motifs is 6. The molecule has 0 unspecified atom stereocenters. The lowest BCUT2D eigenvalue weighted by molar-refractivity contribution is 0.279. The minimum absolute atomic E-state index is 0.276. The van der Waals surface area contributed by atoms with Gasteiger partial charge >= 0.3 is 0 Å². The molecule has 0 aliphatic carbocycles. The molecule has 0 atom stereocenters. The zero-order chi connectivity index (χ0) is 56.1. The maximum atomic E-state index is 6.15. The van der Waals surface area contributed by atoms with E-state index in [-0.39, 0.29) is 6.61 Å². The molecule has 0 fully saturated rings. The van der Waals surface area contributed by atoms with Crippen molar-refractivity contribution in [2.75, 3.05) is 27.4 Å². The van der Waals surface area contributed by atoms with Crippen LogP contribution in [0.15, 0.2) is 216 Å². The number of alkyl halides is 1. The molecule has 12 aromatic rings. The number of aromatic amines is 1. The van der Waals surface area contributed by atoms with Gasteiger partial charge in [0.1, 0.15) is 60.8 Å². The Morgan fingerprint density at radius 1 is 0.494 bits per heavy atom. The zero-order valence-corrected chi connectivity index (χ0v) is 46.4. The van der Waals surface area contributed by atoms with Crippen molar-refractivity contribution in [1.29, 1.82) is 0 Å². The monoisotopic (exact) mass is 1100 g/mol. The SMILES string of the molecule is C=CCOc1cccc2[nH]c3ccccc3c12.C=CCOc1cccc2c1c1ccccc1n2Cc1ccc(OCc2nc(-c3ccccc3)oc2C)c(OC)c1.COc1cc(CCl)ccc1OCc1nc(-c2ccccc2)oc1C. The second-order valence-corrected chi connectivity index (χ2v) is 19.0. The van der Waals surface area contributed by atoms with Gasteiger partial charge in [-0.15, -0.1) is 11.6 Å². The van der Waals surface area contributed by atoms with E-state index in [1.165, 1.54) is 5.39 Å². The molecule has 0 saturated heterocycles. The van der Waals surface area contributed by atoms with Gasteiger partial charge in [-0.25, -0.2) is 9.97 Å². The Bertz CT molecular complexity index is 4090. The molecule has 8 aromatic carbocycles. The van der Waals surface area contributed by atoms with Crippen LogP contribution in [0.25, 0.3) is 66.5 Å². The van der Waals surface area contributed by atoms with Crippen molar-refractivity contribution in [1.82, 2.24) is 19.5 Å². The standard InChI is InChI=1S/C34H30N2O4.C19H18ClNO3.C15H13NO/c1-4-19-38-31-16-10-15-29-33(31)26-13-8-9-14-28(26)36(29)21-24-17-18-30(32(20-24)37-3)39-22-27-23(2)40-34(35-27)25-11-6-5-7-12-25;1-13-16(21-19(24-13)15-6-4-3-5-7-15)12-23-17-9-8-14(11-20)10-18(17)22-2;1-2-10-17-14-9-5-8-13-15(14)11-6-3-4-7-12(11)16-13/h4-18,20H,1,19,21-22H2,2-3H3;3-10H,11-12H2,1-2H3;2-9,16H,1,10H2. The number of hydrogen-bond acceptors (Lipinski definition) is 10. The van der Waals surface area contributed by atoms with Crippen molar-refractivity contribution in [2.45, 2.75) is 39.5 Å². The van der Waals surface area contributed by atoms with Crippen molar-refractivity contribution >= 4 is 55.2 Å². The number of benzene rings is 8. The molecule has 0 radical (unpaired) electrons. The van der Waals surface area contributed by atoms with E-state index in [1.54, 1.807) is 26.4 Å². The van der Waals surface area contributed by atoms with Crippen molar-refractivity contribution in [3.63, 3.8) is 0 Å². The van der Waals surface area contributed by atoms with E-state index in [1.807, 2.05) is 141 Å². The molecule has 0 amide bonds. The van der Waals surface area contributed by atoms with E-state index in [4.69, 9.17) is 48.9 Å². The summed E-state index contributed by atoms with van der Waals surface area (Å²) < 4.78 is 48.7. The van der Waals surface area contributed by atoms with Crippen LogP contribution in [0.1, 0.15) is 34.0 Å². The van der Waals surface area contributed by atoms with Gasteiger partial charge in [0, 0.05) is 56.1 Å². The van der Waals surface area contributed by atoms with Crippen LogP contribution >= 0.6 is 11.6 Å². The van der Waals surface area contributed by atoms with Gasteiger partial charge in [-0.05, 0) is 110 Å². The fourth-order valence-corrected chi connectivity index (χ4v) is 9.66. The molecule has 12 nitrogen and oxygen atoms in total. The fourth-order valence-electron chi connectivity index (χ4n) is 9.49. The summed E-state index contributed by atoms with van der Waals surface area (Å²) in [5.41, 5.74) is 9.95. The summed E-state index contributed by atoms with van der Waals surface area (Å²) >= 11 is 5.84. The van der Waals surface area contributed by atoms with Crippen LogP contribution < -0.4 is 28.4 Å². The summed E-state index contributed by atoms with van der Waals surface area (Å²) in [6.07, 6.45) is 3.52. The van der Waals surface area contributed by atoms with E-state index in [2.05, 4.69) is 87.3 Å². The Hall–Kier alpha value is -9.65. The van der Waals surface area contributed by atoms with E-state index in [0.29, 0.717) is 67.0 Å². The first-order valence-corrected chi connectivity index (χ1v) is 27.0. The van der Waals surface area contributed by atoms with E-state index < -0.39 is 0 Å². The number of nitrogens with zero attached hydrogens (tertiary/aromatic N) is 3. The molecule has 4 heterocycles. The normalized spacial score (nSPS) is 10.9. The van der Waals surface area contributed by atoms with Crippen LogP contribution in [0.5, 0.6) is 34.5 Å². The van der Waals surface area contributed by atoms with Crippen LogP contribution in [0.2, 0.25) is 0 Å². The number of rotatable bonds is 19. The first-order valence-electron chi connectivity index (χ1n) is 26.4. The van der Waals surface area contributed by atoms with Gasteiger partial charge in [-0.1, -0.05) is 122 Å². The smallest absolute Gasteiger partial charge is 0.226 e.